The Morgan fingerprint density at radius 3 is 2.37 bits per heavy atom. The second-order valence-electron chi connectivity index (χ2n) is 6.35. The first-order chi connectivity index (χ1) is 12.8. The van der Waals surface area contributed by atoms with Crippen LogP contribution in [0.2, 0.25) is 0 Å². The first-order valence-electron chi connectivity index (χ1n) is 8.29. The Bertz CT molecular complexity index is 883. The molecule has 2 amide bonds. The summed E-state index contributed by atoms with van der Waals surface area (Å²) in [7, 11) is 0. The van der Waals surface area contributed by atoms with Crippen LogP contribution in [-0.4, -0.2) is 18.4 Å². The molecule has 0 saturated carbocycles. The summed E-state index contributed by atoms with van der Waals surface area (Å²) in [4.78, 5) is 26.1. The van der Waals surface area contributed by atoms with E-state index >= 15 is 0 Å². The quantitative estimate of drug-likeness (QED) is 0.652. The Kier molecular flexibility index (Phi) is 5.16. The summed E-state index contributed by atoms with van der Waals surface area (Å²) in [6.45, 7) is 1.63. The first kappa shape index (κ1) is 18.9. The Hall–Kier alpha value is -2.90. The largest absolute Gasteiger partial charge is 0.349 e. The Morgan fingerprint density at radius 1 is 1.07 bits per heavy atom. The lowest BCUT2D eigenvalue weighted by molar-refractivity contribution is -0.132. The molecule has 3 rings (SSSR count). The second kappa shape index (κ2) is 7.38. The number of amides is 2. The minimum Gasteiger partial charge on any atom is -0.349 e. The number of hydrogen-bond acceptors (Lipinski definition) is 2. The number of halogens is 4. The fraction of sp³-hybridized carbons (Fsp3) is 0.263. The third kappa shape index (κ3) is 3.94. The highest BCUT2D eigenvalue weighted by atomic mass is 19.1. The highest BCUT2D eigenvalue weighted by molar-refractivity contribution is 6.09. The molecule has 0 aliphatic carbocycles. The lowest BCUT2D eigenvalue weighted by Gasteiger charge is -2.19. The van der Waals surface area contributed by atoms with E-state index in [4.69, 9.17) is 0 Å². The van der Waals surface area contributed by atoms with Crippen molar-refractivity contribution in [1.29, 1.82) is 0 Å². The molecular weight excluding hydrogens is 364 g/mol. The van der Waals surface area contributed by atoms with Crippen LogP contribution in [0.3, 0.4) is 0 Å². The van der Waals surface area contributed by atoms with Crippen molar-refractivity contribution >= 4 is 17.5 Å². The topological polar surface area (TPSA) is 49.4 Å². The average molecular weight is 380 g/mol. The SMILES string of the molecule is CC(NC(=O)C1CCN(c2cc(F)cc(F)c2)C1=O)c1ccc(F)cc1F. The number of rotatable bonds is 4. The van der Waals surface area contributed by atoms with Crippen molar-refractivity contribution in [2.75, 3.05) is 11.4 Å². The molecule has 1 aliphatic rings. The van der Waals surface area contributed by atoms with Gasteiger partial charge in [-0.1, -0.05) is 6.07 Å². The van der Waals surface area contributed by atoms with Crippen LogP contribution >= 0.6 is 0 Å². The lowest BCUT2D eigenvalue weighted by Crippen LogP contribution is -2.38. The molecule has 0 aromatic heterocycles. The highest BCUT2D eigenvalue weighted by Gasteiger charge is 2.38. The van der Waals surface area contributed by atoms with E-state index in [1.165, 1.54) is 13.0 Å². The van der Waals surface area contributed by atoms with Gasteiger partial charge >= 0.3 is 0 Å². The van der Waals surface area contributed by atoms with E-state index in [0.29, 0.717) is 12.1 Å². The van der Waals surface area contributed by atoms with Crippen LogP contribution in [0.5, 0.6) is 0 Å². The van der Waals surface area contributed by atoms with Crippen LogP contribution in [-0.2, 0) is 9.59 Å². The third-order valence-corrected chi connectivity index (χ3v) is 4.47. The maximum atomic E-state index is 13.8. The van der Waals surface area contributed by atoms with Crippen LogP contribution in [0.25, 0.3) is 0 Å². The molecule has 142 valence electrons. The molecule has 2 unspecified atom stereocenters. The van der Waals surface area contributed by atoms with Crippen molar-refractivity contribution in [2.24, 2.45) is 5.92 Å². The Balaban J connectivity index is 1.71. The summed E-state index contributed by atoms with van der Waals surface area (Å²) >= 11 is 0. The molecule has 0 spiro atoms. The molecule has 1 fully saturated rings. The standard InChI is InChI=1S/C19H16F4N2O2/c1-10(15-3-2-11(20)9-17(15)23)24-18(26)16-4-5-25(19(16)27)14-7-12(21)6-13(22)8-14/h2-3,6-10,16H,4-5H2,1H3,(H,24,26). The van der Waals surface area contributed by atoms with Crippen LogP contribution in [0.4, 0.5) is 23.2 Å². The van der Waals surface area contributed by atoms with E-state index in [1.807, 2.05) is 0 Å². The van der Waals surface area contributed by atoms with Crippen molar-refractivity contribution in [1.82, 2.24) is 5.32 Å². The molecule has 1 saturated heterocycles. The van der Waals surface area contributed by atoms with Gasteiger partial charge in [0.05, 0.1) is 6.04 Å². The third-order valence-electron chi connectivity index (χ3n) is 4.47. The van der Waals surface area contributed by atoms with E-state index in [9.17, 15) is 27.2 Å². The molecular formula is C19H16F4N2O2. The van der Waals surface area contributed by atoms with Crippen molar-refractivity contribution in [3.63, 3.8) is 0 Å². The molecule has 0 bridgehead atoms. The molecule has 1 aliphatic heterocycles. The molecule has 2 aromatic rings. The summed E-state index contributed by atoms with van der Waals surface area (Å²) < 4.78 is 53.6. The monoisotopic (exact) mass is 380 g/mol. The van der Waals surface area contributed by atoms with E-state index in [-0.39, 0.29) is 24.2 Å². The summed E-state index contributed by atoms with van der Waals surface area (Å²) in [5.41, 5.74) is 0.115. The average Bonchev–Trinajstić information content (AvgIpc) is 2.95. The number of benzene rings is 2. The van der Waals surface area contributed by atoms with Crippen molar-refractivity contribution in [3.8, 4) is 0 Å². The fourth-order valence-corrected chi connectivity index (χ4v) is 3.12. The van der Waals surface area contributed by atoms with Crippen LogP contribution in [0.15, 0.2) is 36.4 Å². The predicted molar refractivity (Wildman–Crippen MR) is 89.7 cm³/mol. The highest BCUT2D eigenvalue weighted by Crippen LogP contribution is 2.27. The molecule has 2 aromatic carbocycles. The summed E-state index contributed by atoms with van der Waals surface area (Å²) in [5, 5.41) is 2.53. The first-order valence-corrected chi connectivity index (χ1v) is 8.29. The van der Waals surface area contributed by atoms with E-state index in [2.05, 4.69) is 5.32 Å². The molecule has 2 atom stereocenters. The summed E-state index contributed by atoms with van der Waals surface area (Å²) in [6, 6.07) is 4.92. The molecule has 8 heteroatoms. The van der Waals surface area contributed by atoms with Crippen molar-refractivity contribution < 1.29 is 27.2 Å². The molecule has 4 nitrogen and oxygen atoms in total. The van der Waals surface area contributed by atoms with Gasteiger partial charge in [-0.3, -0.25) is 9.59 Å². The van der Waals surface area contributed by atoms with Gasteiger partial charge < -0.3 is 10.2 Å². The zero-order chi connectivity index (χ0) is 19.7. The number of carbonyl (C=O) groups excluding carboxylic acids is 2. The maximum absolute atomic E-state index is 13.8. The lowest BCUT2D eigenvalue weighted by atomic mass is 10.0. The number of nitrogens with one attached hydrogen (secondary N) is 1. The minimum atomic E-state index is -1.05. The number of nitrogens with zero attached hydrogens (tertiary/aromatic N) is 1. The van der Waals surface area contributed by atoms with Crippen LogP contribution in [0, 0.1) is 29.2 Å². The van der Waals surface area contributed by atoms with Gasteiger partial charge in [0.1, 0.15) is 29.2 Å². The van der Waals surface area contributed by atoms with Gasteiger partial charge in [0.15, 0.2) is 0 Å². The van der Waals surface area contributed by atoms with Crippen molar-refractivity contribution in [2.45, 2.75) is 19.4 Å². The van der Waals surface area contributed by atoms with Gasteiger partial charge in [-0.2, -0.15) is 0 Å². The maximum Gasteiger partial charge on any atom is 0.239 e. The van der Waals surface area contributed by atoms with Crippen molar-refractivity contribution in [3.05, 3.63) is 65.2 Å². The van der Waals surface area contributed by atoms with E-state index in [1.54, 1.807) is 0 Å². The van der Waals surface area contributed by atoms with Crippen LogP contribution < -0.4 is 10.2 Å². The zero-order valence-electron chi connectivity index (χ0n) is 14.3. The van der Waals surface area contributed by atoms with Gasteiger partial charge in [0.25, 0.3) is 0 Å². The van der Waals surface area contributed by atoms with Gasteiger partial charge in [-0.25, -0.2) is 17.6 Å². The normalized spacial score (nSPS) is 17.9. The minimum absolute atomic E-state index is 0.0328. The summed E-state index contributed by atoms with van der Waals surface area (Å²) in [6.07, 6.45) is 0.154. The number of hydrogen-bond donors (Lipinski definition) is 1. The fourth-order valence-electron chi connectivity index (χ4n) is 3.12. The Morgan fingerprint density at radius 2 is 1.74 bits per heavy atom. The van der Waals surface area contributed by atoms with Gasteiger partial charge in [0, 0.05) is 29.9 Å². The Labute approximate surface area is 152 Å². The molecule has 1 N–H and O–H groups in total. The molecule has 1 heterocycles. The second-order valence-corrected chi connectivity index (χ2v) is 6.35. The van der Waals surface area contributed by atoms with E-state index in [0.717, 1.165) is 23.1 Å². The van der Waals surface area contributed by atoms with Gasteiger partial charge in [-0.15, -0.1) is 0 Å². The smallest absolute Gasteiger partial charge is 0.239 e. The van der Waals surface area contributed by atoms with Gasteiger partial charge in [-0.05, 0) is 31.5 Å². The number of carbonyl (C=O) groups is 2. The van der Waals surface area contributed by atoms with Gasteiger partial charge in [0.2, 0.25) is 11.8 Å². The van der Waals surface area contributed by atoms with Crippen LogP contribution in [0.1, 0.15) is 24.9 Å². The number of anilines is 1. The zero-order valence-corrected chi connectivity index (χ0v) is 14.3. The predicted octanol–water partition coefficient (Wildman–Crippen LogP) is 3.47. The van der Waals surface area contributed by atoms with E-state index < -0.39 is 47.0 Å². The summed E-state index contributed by atoms with van der Waals surface area (Å²) in [5.74, 6) is -5.48. The molecule has 27 heavy (non-hydrogen) atoms. The molecule has 0 radical (unpaired) electrons.